The summed E-state index contributed by atoms with van der Waals surface area (Å²) in [4.78, 5) is 2.45. The molecule has 0 radical (unpaired) electrons. The Morgan fingerprint density at radius 2 is 1.86 bits per heavy atom. The lowest BCUT2D eigenvalue weighted by atomic mass is 10.0. The molecule has 1 aliphatic rings. The number of hydrogen-bond donors (Lipinski definition) is 1. The Morgan fingerprint density at radius 1 is 1.14 bits per heavy atom. The molecular formula is C12H25NO. The van der Waals surface area contributed by atoms with E-state index in [9.17, 15) is 5.11 Å². The van der Waals surface area contributed by atoms with Gasteiger partial charge in [-0.2, -0.15) is 0 Å². The second-order valence-electron chi connectivity index (χ2n) is 4.40. The third-order valence-corrected chi connectivity index (χ3v) is 3.33. The van der Waals surface area contributed by atoms with Crippen LogP contribution in [0.1, 0.15) is 52.4 Å². The van der Waals surface area contributed by atoms with E-state index in [-0.39, 0.29) is 6.10 Å². The minimum atomic E-state index is -0.0796. The highest BCUT2D eigenvalue weighted by Gasteiger charge is 2.25. The van der Waals surface area contributed by atoms with Gasteiger partial charge in [0.2, 0.25) is 0 Å². The third-order valence-electron chi connectivity index (χ3n) is 3.33. The zero-order chi connectivity index (χ0) is 10.4. The van der Waals surface area contributed by atoms with Crippen molar-refractivity contribution in [3.8, 4) is 0 Å². The lowest BCUT2D eigenvalue weighted by molar-refractivity contribution is 0.0467. The van der Waals surface area contributed by atoms with E-state index in [0.717, 1.165) is 19.5 Å². The molecule has 2 nitrogen and oxygen atoms in total. The fourth-order valence-electron chi connectivity index (χ4n) is 2.54. The zero-order valence-electron chi connectivity index (χ0n) is 9.71. The minimum Gasteiger partial charge on any atom is -0.391 e. The van der Waals surface area contributed by atoms with Crippen LogP contribution < -0.4 is 0 Å². The van der Waals surface area contributed by atoms with Crippen molar-refractivity contribution in [2.24, 2.45) is 0 Å². The second kappa shape index (κ2) is 6.41. The van der Waals surface area contributed by atoms with Gasteiger partial charge < -0.3 is 5.11 Å². The first-order chi connectivity index (χ1) is 6.79. The molecule has 2 atom stereocenters. The molecule has 0 saturated heterocycles. The van der Waals surface area contributed by atoms with Crippen molar-refractivity contribution in [1.29, 1.82) is 0 Å². The van der Waals surface area contributed by atoms with Crippen LogP contribution in [0, 0.1) is 0 Å². The summed E-state index contributed by atoms with van der Waals surface area (Å²) in [6, 6.07) is 0.433. The van der Waals surface area contributed by atoms with Crippen LogP contribution in [0.5, 0.6) is 0 Å². The van der Waals surface area contributed by atoms with Crippen LogP contribution in [0.4, 0.5) is 0 Å². The summed E-state index contributed by atoms with van der Waals surface area (Å²) in [5.74, 6) is 0. The van der Waals surface area contributed by atoms with E-state index in [1.165, 1.54) is 32.1 Å². The monoisotopic (exact) mass is 199 g/mol. The Bertz CT molecular complexity index is 149. The molecule has 0 aromatic carbocycles. The molecule has 84 valence electrons. The maximum absolute atomic E-state index is 10.0. The highest BCUT2D eigenvalue weighted by molar-refractivity contribution is 4.81. The van der Waals surface area contributed by atoms with Crippen LogP contribution in [-0.2, 0) is 0 Å². The van der Waals surface area contributed by atoms with Crippen molar-refractivity contribution in [3.05, 3.63) is 0 Å². The van der Waals surface area contributed by atoms with Crippen LogP contribution >= 0.6 is 0 Å². The van der Waals surface area contributed by atoms with Crippen LogP contribution in [0.3, 0.4) is 0 Å². The van der Waals surface area contributed by atoms with E-state index in [0.29, 0.717) is 6.04 Å². The summed E-state index contributed by atoms with van der Waals surface area (Å²) >= 11 is 0. The minimum absolute atomic E-state index is 0.0796. The van der Waals surface area contributed by atoms with E-state index in [1.54, 1.807) is 0 Å². The molecule has 1 rings (SSSR count). The summed E-state index contributed by atoms with van der Waals surface area (Å²) in [5.41, 5.74) is 0. The lowest BCUT2D eigenvalue weighted by Gasteiger charge is -2.32. The summed E-state index contributed by atoms with van der Waals surface area (Å²) in [7, 11) is 0. The van der Waals surface area contributed by atoms with Crippen molar-refractivity contribution in [2.45, 2.75) is 64.5 Å². The Balaban J connectivity index is 2.51. The average Bonchev–Trinajstić information content (AvgIpc) is 2.40. The molecule has 0 aliphatic heterocycles. The number of likely N-dealkylation sites (N-methyl/N-ethyl adjacent to an activating group) is 1. The highest BCUT2D eigenvalue weighted by atomic mass is 16.3. The molecule has 1 fully saturated rings. The SMILES string of the molecule is CCCN(CC)C1CCCCCC1O. The Morgan fingerprint density at radius 3 is 2.50 bits per heavy atom. The van der Waals surface area contributed by atoms with Gasteiger partial charge in [0.1, 0.15) is 0 Å². The predicted molar refractivity (Wildman–Crippen MR) is 60.4 cm³/mol. The average molecular weight is 199 g/mol. The standard InChI is InChI=1S/C12H25NO/c1-3-10-13(4-2)11-8-6-5-7-9-12(11)14/h11-12,14H,3-10H2,1-2H3. The molecule has 0 aromatic heterocycles. The van der Waals surface area contributed by atoms with Gasteiger partial charge in [0, 0.05) is 6.04 Å². The van der Waals surface area contributed by atoms with Gasteiger partial charge >= 0.3 is 0 Å². The van der Waals surface area contributed by atoms with Gasteiger partial charge in [-0.1, -0.05) is 33.1 Å². The van der Waals surface area contributed by atoms with Gasteiger partial charge in [-0.3, -0.25) is 4.90 Å². The molecule has 2 unspecified atom stereocenters. The number of nitrogens with zero attached hydrogens (tertiary/aromatic N) is 1. The summed E-state index contributed by atoms with van der Waals surface area (Å²) in [6.45, 7) is 6.63. The largest absolute Gasteiger partial charge is 0.391 e. The topological polar surface area (TPSA) is 23.5 Å². The van der Waals surface area contributed by atoms with Crippen LogP contribution in [0.15, 0.2) is 0 Å². The van der Waals surface area contributed by atoms with Crippen LogP contribution in [0.25, 0.3) is 0 Å². The molecule has 1 saturated carbocycles. The molecule has 14 heavy (non-hydrogen) atoms. The third kappa shape index (κ3) is 3.25. The van der Waals surface area contributed by atoms with E-state index >= 15 is 0 Å². The molecular weight excluding hydrogens is 174 g/mol. The Hall–Kier alpha value is -0.0800. The summed E-state index contributed by atoms with van der Waals surface area (Å²) < 4.78 is 0. The fourth-order valence-corrected chi connectivity index (χ4v) is 2.54. The molecule has 0 bridgehead atoms. The molecule has 0 heterocycles. The normalized spacial score (nSPS) is 29.1. The molecule has 0 amide bonds. The summed E-state index contributed by atoms with van der Waals surface area (Å²) in [5, 5.41) is 10.0. The van der Waals surface area contributed by atoms with Crippen molar-refractivity contribution >= 4 is 0 Å². The first kappa shape index (κ1) is 12.0. The first-order valence-electron chi connectivity index (χ1n) is 6.21. The van der Waals surface area contributed by atoms with Gasteiger partial charge in [0.05, 0.1) is 6.10 Å². The first-order valence-corrected chi connectivity index (χ1v) is 6.21. The predicted octanol–water partition coefficient (Wildman–Crippen LogP) is 2.41. The Kier molecular flexibility index (Phi) is 5.49. The summed E-state index contributed by atoms with van der Waals surface area (Å²) in [6.07, 6.45) is 7.11. The highest BCUT2D eigenvalue weighted by Crippen LogP contribution is 2.22. The second-order valence-corrected chi connectivity index (χ2v) is 4.40. The quantitative estimate of drug-likeness (QED) is 0.703. The fraction of sp³-hybridized carbons (Fsp3) is 1.00. The van der Waals surface area contributed by atoms with E-state index in [2.05, 4.69) is 18.7 Å². The maximum Gasteiger partial charge on any atom is 0.0695 e. The van der Waals surface area contributed by atoms with Gasteiger partial charge in [-0.15, -0.1) is 0 Å². The smallest absolute Gasteiger partial charge is 0.0695 e. The van der Waals surface area contributed by atoms with E-state index < -0.39 is 0 Å². The van der Waals surface area contributed by atoms with Crippen molar-refractivity contribution < 1.29 is 5.11 Å². The lowest BCUT2D eigenvalue weighted by Crippen LogP contribution is -2.43. The van der Waals surface area contributed by atoms with E-state index in [4.69, 9.17) is 0 Å². The molecule has 2 heteroatoms. The van der Waals surface area contributed by atoms with Gasteiger partial charge in [0.15, 0.2) is 0 Å². The number of aliphatic hydroxyl groups excluding tert-OH is 1. The van der Waals surface area contributed by atoms with Crippen LogP contribution in [0.2, 0.25) is 0 Å². The van der Waals surface area contributed by atoms with Crippen LogP contribution in [-0.4, -0.2) is 35.2 Å². The zero-order valence-corrected chi connectivity index (χ0v) is 9.71. The van der Waals surface area contributed by atoms with Crippen molar-refractivity contribution in [2.75, 3.05) is 13.1 Å². The molecule has 1 aliphatic carbocycles. The number of aliphatic hydroxyl groups is 1. The van der Waals surface area contributed by atoms with Gasteiger partial charge in [-0.25, -0.2) is 0 Å². The number of hydrogen-bond acceptors (Lipinski definition) is 2. The number of rotatable bonds is 4. The van der Waals surface area contributed by atoms with Gasteiger partial charge in [0.25, 0.3) is 0 Å². The van der Waals surface area contributed by atoms with Gasteiger partial charge in [-0.05, 0) is 32.4 Å². The molecule has 0 spiro atoms. The maximum atomic E-state index is 10.0. The molecule has 0 aromatic rings. The van der Waals surface area contributed by atoms with Crippen molar-refractivity contribution in [1.82, 2.24) is 4.90 Å². The Labute approximate surface area is 88.3 Å². The molecule has 1 N–H and O–H groups in total. The van der Waals surface area contributed by atoms with E-state index in [1.807, 2.05) is 0 Å². The van der Waals surface area contributed by atoms with Crippen molar-refractivity contribution in [3.63, 3.8) is 0 Å².